The van der Waals surface area contributed by atoms with E-state index < -0.39 is 0 Å². The molecular weight excluding hydrogens is 182 g/mol. The zero-order valence-electron chi connectivity index (χ0n) is 7.86. The average Bonchev–Trinajstić information content (AvgIpc) is 2.76. The Balaban J connectivity index is 1.78. The first-order chi connectivity index (χ1) is 6.84. The number of nitrogens with zero attached hydrogens (tertiary/aromatic N) is 3. The van der Waals surface area contributed by atoms with E-state index in [0.29, 0.717) is 11.9 Å². The van der Waals surface area contributed by atoms with Gasteiger partial charge < -0.3 is 5.32 Å². The minimum atomic E-state index is -0.0155. The minimum absolute atomic E-state index is 0.0155. The Bertz CT molecular complexity index is 291. The van der Waals surface area contributed by atoms with Gasteiger partial charge >= 0.3 is 0 Å². The van der Waals surface area contributed by atoms with E-state index in [4.69, 9.17) is 0 Å². The zero-order valence-corrected chi connectivity index (χ0v) is 7.86. The molecule has 0 spiro atoms. The standard InChI is InChI=1S/C8H13N5O/c14-8(5-7-10-12-13-11-7)9-6-3-1-2-4-6/h6H,1-5H2,(H,9,14)(H,10,11,12,13). The summed E-state index contributed by atoms with van der Waals surface area (Å²) < 4.78 is 0. The fourth-order valence-corrected chi connectivity index (χ4v) is 1.75. The van der Waals surface area contributed by atoms with Crippen LogP contribution in [0.1, 0.15) is 31.5 Å². The van der Waals surface area contributed by atoms with Crippen molar-refractivity contribution in [2.75, 3.05) is 0 Å². The van der Waals surface area contributed by atoms with E-state index in [1.807, 2.05) is 0 Å². The number of aromatic nitrogens is 4. The maximum absolute atomic E-state index is 11.4. The minimum Gasteiger partial charge on any atom is -0.353 e. The van der Waals surface area contributed by atoms with Crippen molar-refractivity contribution >= 4 is 5.91 Å². The number of hydrogen-bond acceptors (Lipinski definition) is 4. The maximum atomic E-state index is 11.4. The molecule has 0 atom stereocenters. The van der Waals surface area contributed by atoms with Gasteiger partial charge in [-0.3, -0.25) is 4.79 Å². The highest BCUT2D eigenvalue weighted by molar-refractivity contribution is 5.77. The van der Waals surface area contributed by atoms with Gasteiger partial charge in [-0.1, -0.05) is 18.1 Å². The molecule has 6 heteroatoms. The molecule has 1 heterocycles. The van der Waals surface area contributed by atoms with Gasteiger partial charge in [-0.2, -0.15) is 5.21 Å². The van der Waals surface area contributed by atoms with E-state index in [1.54, 1.807) is 0 Å². The summed E-state index contributed by atoms with van der Waals surface area (Å²) in [5.41, 5.74) is 0. The molecule has 0 radical (unpaired) electrons. The molecule has 76 valence electrons. The number of hydrogen-bond donors (Lipinski definition) is 2. The first kappa shape index (κ1) is 9.11. The van der Waals surface area contributed by atoms with Crippen molar-refractivity contribution in [2.24, 2.45) is 0 Å². The zero-order chi connectivity index (χ0) is 9.80. The summed E-state index contributed by atoms with van der Waals surface area (Å²) in [7, 11) is 0. The van der Waals surface area contributed by atoms with Crippen LogP contribution in [0.3, 0.4) is 0 Å². The average molecular weight is 195 g/mol. The van der Waals surface area contributed by atoms with Crippen LogP contribution in [0.5, 0.6) is 0 Å². The van der Waals surface area contributed by atoms with Crippen LogP contribution in [0.25, 0.3) is 0 Å². The molecule has 0 aromatic carbocycles. The van der Waals surface area contributed by atoms with Gasteiger partial charge in [0.15, 0.2) is 5.82 Å². The van der Waals surface area contributed by atoms with E-state index in [-0.39, 0.29) is 12.3 Å². The molecule has 1 aromatic heterocycles. The molecule has 14 heavy (non-hydrogen) atoms. The summed E-state index contributed by atoms with van der Waals surface area (Å²) in [5, 5.41) is 16.1. The summed E-state index contributed by atoms with van der Waals surface area (Å²) >= 11 is 0. The molecule has 2 rings (SSSR count). The van der Waals surface area contributed by atoms with Crippen LogP contribution in [0.15, 0.2) is 0 Å². The highest BCUT2D eigenvalue weighted by Gasteiger charge is 2.17. The van der Waals surface area contributed by atoms with Crippen molar-refractivity contribution in [3.63, 3.8) is 0 Å². The van der Waals surface area contributed by atoms with Crippen LogP contribution < -0.4 is 5.32 Å². The van der Waals surface area contributed by atoms with Gasteiger partial charge in [0.05, 0.1) is 6.42 Å². The van der Waals surface area contributed by atoms with Gasteiger partial charge in [0, 0.05) is 6.04 Å². The number of nitrogens with one attached hydrogen (secondary N) is 2. The number of amides is 1. The molecule has 1 amide bonds. The highest BCUT2D eigenvalue weighted by atomic mass is 16.1. The summed E-state index contributed by atoms with van der Waals surface area (Å²) in [5.74, 6) is 0.429. The fourth-order valence-electron chi connectivity index (χ4n) is 1.75. The summed E-state index contributed by atoms with van der Waals surface area (Å²) in [4.78, 5) is 11.4. The fraction of sp³-hybridized carbons (Fsp3) is 0.750. The molecular formula is C8H13N5O. The summed E-state index contributed by atoms with van der Waals surface area (Å²) in [6.07, 6.45) is 4.84. The van der Waals surface area contributed by atoms with Crippen LogP contribution in [-0.2, 0) is 11.2 Å². The molecule has 0 unspecified atom stereocenters. The molecule has 0 bridgehead atoms. The van der Waals surface area contributed by atoms with Crippen molar-refractivity contribution in [1.29, 1.82) is 0 Å². The summed E-state index contributed by atoms with van der Waals surface area (Å²) in [6.45, 7) is 0. The van der Waals surface area contributed by atoms with Crippen molar-refractivity contribution in [3.05, 3.63) is 5.82 Å². The number of H-pyrrole nitrogens is 1. The maximum Gasteiger partial charge on any atom is 0.228 e. The van der Waals surface area contributed by atoms with E-state index in [2.05, 4.69) is 25.9 Å². The van der Waals surface area contributed by atoms with E-state index in [0.717, 1.165) is 12.8 Å². The molecule has 1 aliphatic carbocycles. The number of aromatic amines is 1. The van der Waals surface area contributed by atoms with Crippen LogP contribution in [0.4, 0.5) is 0 Å². The van der Waals surface area contributed by atoms with Crippen molar-refractivity contribution in [3.8, 4) is 0 Å². The monoisotopic (exact) mass is 195 g/mol. The van der Waals surface area contributed by atoms with E-state index >= 15 is 0 Å². The lowest BCUT2D eigenvalue weighted by Gasteiger charge is -2.10. The van der Waals surface area contributed by atoms with Crippen LogP contribution in [-0.4, -0.2) is 32.6 Å². The van der Waals surface area contributed by atoms with Crippen molar-refractivity contribution < 1.29 is 4.79 Å². The van der Waals surface area contributed by atoms with Crippen LogP contribution in [0.2, 0.25) is 0 Å². The Labute approximate surface area is 81.5 Å². The third-order valence-electron chi connectivity index (χ3n) is 2.43. The van der Waals surface area contributed by atoms with Gasteiger partial charge in [0.2, 0.25) is 5.91 Å². The molecule has 2 N–H and O–H groups in total. The number of carbonyl (C=O) groups excluding carboxylic acids is 1. The van der Waals surface area contributed by atoms with Crippen molar-refractivity contribution in [2.45, 2.75) is 38.1 Å². The van der Waals surface area contributed by atoms with Crippen LogP contribution in [0, 0.1) is 0 Å². The second-order valence-electron chi connectivity index (χ2n) is 3.55. The molecule has 1 saturated carbocycles. The first-order valence-electron chi connectivity index (χ1n) is 4.86. The lowest BCUT2D eigenvalue weighted by Crippen LogP contribution is -2.33. The second-order valence-corrected chi connectivity index (χ2v) is 3.55. The Kier molecular flexibility index (Phi) is 2.71. The van der Waals surface area contributed by atoms with Gasteiger partial charge in [0.1, 0.15) is 0 Å². The van der Waals surface area contributed by atoms with Crippen molar-refractivity contribution in [1.82, 2.24) is 25.9 Å². The summed E-state index contributed by atoms with van der Waals surface area (Å²) in [6, 6.07) is 0.356. The Morgan fingerprint density at radius 1 is 1.50 bits per heavy atom. The third-order valence-corrected chi connectivity index (χ3v) is 2.43. The molecule has 1 fully saturated rings. The lowest BCUT2D eigenvalue weighted by atomic mass is 10.2. The number of tetrazole rings is 1. The highest BCUT2D eigenvalue weighted by Crippen LogP contribution is 2.17. The van der Waals surface area contributed by atoms with Gasteiger partial charge in [0.25, 0.3) is 0 Å². The predicted molar refractivity (Wildman–Crippen MR) is 48.3 cm³/mol. The molecule has 0 saturated heterocycles. The predicted octanol–water partition coefficient (Wildman–Crippen LogP) is -0.199. The molecule has 1 aliphatic rings. The number of rotatable bonds is 3. The van der Waals surface area contributed by atoms with Gasteiger partial charge in [-0.05, 0) is 12.8 Å². The smallest absolute Gasteiger partial charge is 0.228 e. The van der Waals surface area contributed by atoms with E-state index in [9.17, 15) is 4.79 Å². The Morgan fingerprint density at radius 3 is 2.93 bits per heavy atom. The topological polar surface area (TPSA) is 83.6 Å². The SMILES string of the molecule is O=C(Cc1nn[nH]n1)NC1CCCC1. The van der Waals surface area contributed by atoms with Gasteiger partial charge in [-0.15, -0.1) is 10.2 Å². The lowest BCUT2D eigenvalue weighted by molar-refractivity contribution is -0.121. The quantitative estimate of drug-likeness (QED) is 0.699. The number of carbonyl (C=O) groups is 1. The van der Waals surface area contributed by atoms with Crippen LogP contribution >= 0.6 is 0 Å². The van der Waals surface area contributed by atoms with Gasteiger partial charge in [-0.25, -0.2) is 0 Å². The first-order valence-corrected chi connectivity index (χ1v) is 4.86. The van der Waals surface area contributed by atoms with E-state index in [1.165, 1.54) is 12.8 Å². The Hall–Kier alpha value is -1.46. The molecule has 6 nitrogen and oxygen atoms in total. The second kappa shape index (κ2) is 4.17. The molecule has 1 aromatic rings. The Morgan fingerprint density at radius 2 is 2.29 bits per heavy atom. The largest absolute Gasteiger partial charge is 0.353 e. The third kappa shape index (κ3) is 2.27. The normalized spacial score (nSPS) is 17.1. The molecule has 0 aliphatic heterocycles.